The Morgan fingerprint density at radius 2 is 2.06 bits per heavy atom. The minimum absolute atomic E-state index is 0.00763. The molecule has 0 radical (unpaired) electrons. The number of hydrogen-bond donors (Lipinski definition) is 1. The predicted octanol–water partition coefficient (Wildman–Crippen LogP) is 3.08. The number of hydrogen-bond acceptors (Lipinski definition) is 4. The molecule has 1 aromatic heterocycles. The molecule has 0 atom stereocenters. The van der Waals surface area contributed by atoms with Crippen LogP contribution >= 0.6 is 11.6 Å². The van der Waals surface area contributed by atoms with Gasteiger partial charge in [0.15, 0.2) is 6.29 Å². The second-order valence-corrected chi connectivity index (χ2v) is 5.15. The summed E-state index contributed by atoms with van der Waals surface area (Å²) in [4.78, 5) is 18.9. The van der Waals surface area contributed by atoms with Gasteiger partial charge in [0.25, 0.3) is 0 Å². The number of carbonyl (C=O) groups excluding carboxylic acids is 1. The molecule has 1 aliphatic carbocycles. The molecule has 1 N–H and O–H groups in total. The van der Waals surface area contributed by atoms with Gasteiger partial charge in [0.2, 0.25) is 0 Å². The highest BCUT2D eigenvalue weighted by Crippen LogP contribution is 2.32. The molecule has 1 heterocycles. The zero-order valence-electron chi connectivity index (χ0n) is 9.87. The molecule has 92 valence electrons. The highest BCUT2D eigenvalue weighted by molar-refractivity contribution is 6.32. The van der Waals surface area contributed by atoms with Crippen LogP contribution in [-0.4, -0.2) is 21.8 Å². The fraction of sp³-hybridized carbons (Fsp3) is 0.583. The number of aldehydes is 1. The number of aromatic nitrogens is 2. The van der Waals surface area contributed by atoms with E-state index in [1.54, 1.807) is 0 Å². The molecular formula is C12H16ClN3O. The Morgan fingerprint density at radius 3 is 2.71 bits per heavy atom. The summed E-state index contributed by atoms with van der Waals surface area (Å²) in [6, 6.07) is 0. The van der Waals surface area contributed by atoms with E-state index in [1.165, 1.54) is 25.6 Å². The average Bonchev–Trinajstić information content (AvgIpc) is 2.30. The molecule has 4 nitrogen and oxygen atoms in total. The molecule has 0 saturated heterocycles. The summed E-state index contributed by atoms with van der Waals surface area (Å²) in [6.45, 7) is 2.16. The number of nitrogens with zero attached hydrogens (tertiary/aromatic N) is 2. The molecule has 1 aliphatic rings. The highest BCUT2D eigenvalue weighted by atomic mass is 35.5. The first kappa shape index (κ1) is 12.3. The van der Waals surface area contributed by atoms with Crippen molar-refractivity contribution in [3.8, 4) is 0 Å². The molecule has 0 aromatic carbocycles. The molecule has 17 heavy (non-hydrogen) atoms. The van der Waals surface area contributed by atoms with Crippen molar-refractivity contribution < 1.29 is 4.79 Å². The molecule has 0 bridgehead atoms. The maximum absolute atomic E-state index is 11.0. The molecule has 0 unspecified atom stereocenters. The molecule has 1 saturated carbocycles. The average molecular weight is 254 g/mol. The lowest BCUT2D eigenvalue weighted by Crippen LogP contribution is -2.37. The van der Waals surface area contributed by atoms with Crippen LogP contribution < -0.4 is 5.32 Å². The summed E-state index contributed by atoms with van der Waals surface area (Å²) in [5.41, 5.74) is 0.356. The fourth-order valence-corrected chi connectivity index (χ4v) is 2.50. The van der Waals surface area contributed by atoms with Gasteiger partial charge in [-0.1, -0.05) is 30.9 Å². The van der Waals surface area contributed by atoms with Crippen LogP contribution in [0.1, 0.15) is 49.4 Å². The van der Waals surface area contributed by atoms with Crippen molar-refractivity contribution in [2.75, 3.05) is 5.32 Å². The van der Waals surface area contributed by atoms with Crippen molar-refractivity contribution in [1.29, 1.82) is 0 Å². The van der Waals surface area contributed by atoms with E-state index in [1.807, 2.05) is 0 Å². The Bertz CT molecular complexity index is 416. The van der Waals surface area contributed by atoms with E-state index >= 15 is 0 Å². The van der Waals surface area contributed by atoms with Gasteiger partial charge in [0, 0.05) is 5.54 Å². The largest absolute Gasteiger partial charge is 0.364 e. The van der Waals surface area contributed by atoms with E-state index in [9.17, 15) is 4.79 Å². The minimum atomic E-state index is 0.00763. The summed E-state index contributed by atoms with van der Waals surface area (Å²) in [5, 5.41) is 3.56. The first-order valence-electron chi connectivity index (χ1n) is 5.88. The Balaban J connectivity index is 2.23. The number of rotatable bonds is 3. The summed E-state index contributed by atoms with van der Waals surface area (Å²) < 4.78 is 0. The van der Waals surface area contributed by atoms with E-state index in [0.717, 1.165) is 12.8 Å². The maximum atomic E-state index is 11.0. The fourth-order valence-electron chi connectivity index (χ4n) is 2.32. The molecule has 0 spiro atoms. The second kappa shape index (κ2) is 5.00. The lowest BCUT2D eigenvalue weighted by Gasteiger charge is -2.35. The summed E-state index contributed by atoms with van der Waals surface area (Å²) in [5.74, 6) is 0.546. The Kier molecular flexibility index (Phi) is 3.62. The Hall–Kier alpha value is -1.16. The maximum Gasteiger partial charge on any atom is 0.156 e. The Morgan fingerprint density at radius 1 is 1.35 bits per heavy atom. The van der Waals surface area contributed by atoms with Crippen LogP contribution in [0, 0.1) is 0 Å². The predicted molar refractivity (Wildman–Crippen MR) is 67.5 cm³/mol. The standard InChI is InChI=1S/C12H16ClN3O/c1-12(5-3-2-4-6-12)16-11-9(7-17)10(13)14-8-15-11/h7-8H,2-6H2,1H3,(H,14,15,16). The number of halogens is 1. The van der Waals surface area contributed by atoms with E-state index < -0.39 is 0 Å². The van der Waals surface area contributed by atoms with Gasteiger partial charge >= 0.3 is 0 Å². The van der Waals surface area contributed by atoms with Crippen molar-refractivity contribution in [2.24, 2.45) is 0 Å². The summed E-state index contributed by atoms with van der Waals surface area (Å²) in [6.07, 6.45) is 7.96. The van der Waals surface area contributed by atoms with Crippen molar-refractivity contribution in [2.45, 2.75) is 44.6 Å². The third-order valence-electron chi connectivity index (χ3n) is 3.33. The summed E-state index contributed by atoms with van der Waals surface area (Å²) >= 11 is 5.87. The van der Waals surface area contributed by atoms with E-state index in [0.29, 0.717) is 17.7 Å². The van der Waals surface area contributed by atoms with Gasteiger partial charge in [-0.25, -0.2) is 9.97 Å². The molecule has 5 heteroatoms. The second-order valence-electron chi connectivity index (χ2n) is 4.79. The van der Waals surface area contributed by atoms with Gasteiger partial charge in [-0.3, -0.25) is 4.79 Å². The molecule has 1 aromatic rings. The number of nitrogens with one attached hydrogen (secondary N) is 1. The molecular weight excluding hydrogens is 238 g/mol. The smallest absolute Gasteiger partial charge is 0.156 e. The van der Waals surface area contributed by atoms with Crippen LogP contribution in [0.15, 0.2) is 6.33 Å². The van der Waals surface area contributed by atoms with Crippen LogP contribution in [0.3, 0.4) is 0 Å². The van der Waals surface area contributed by atoms with E-state index in [2.05, 4.69) is 22.2 Å². The zero-order valence-corrected chi connectivity index (χ0v) is 10.6. The molecule has 2 rings (SSSR count). The highest BCUT2D eigenvalue weighted by Gasteiger charge is 2.28. The SMILES string of the molecule is CC1(Nc2ncnc(Cl)c2C=O)CCCCC1. The van der Waals surface area contributed by atoms with Crippen LogP contribution in [0.5, 0.6) is 0 Å². The van der Waals surface area contributed by atoms with Crippen molar-refractivity contribution >= 4 is 23.7 Å². The monoisotopic (exact) mass is 253 g/mol. The Labute approximate surface area is 106 Å². The van der Waals surface area contributed by atoms with Gasteiger partial charge in [0.1, 0.15) is 17.3 Å². The normalized spacial score (nSPS) is 18.7. The van der Waals surface area contributed by atoms with Gasteiger partial charge < -0.3 is 5.32 Å². The van der Waals surface area contributed by atoms with Gasteiger partial charge in [-0.2, -0.15) is 0 Å². The van der Waals surface area contributed by atoms with E-state index in [4.69, 9.17) is 11.6 Å². The minimum Gasteiger partial charge on any atom is -0.364 e. The number of carbonyl (C=O) groups is 1. The van der Waals surface area contributed by atoms with E-state index in [-0.39, 0.29) is 10.7 Å². The lowest BCUT2D eigenvalue weighted by molar-refractivity contribution is 0.112. The first-order valence-corrected chi connectivity index (χ1v) is 6.26. The third kappa shape index (κ3) is 2.75. The third-order valence-corrected chi connectivity index (χ3v) is 3.63. The first-order chi connectivity index (χ1) is 8.14. The molecule has 1 fully saturated rings. The number of anilines is 1. The zero-order chi connectivity index (χ0) is 12.3. The van der Waals surface area contributed by atoms with Crippen LogP contribution in [0.4, 0.5) is 5.82 Å². The van der Waals surface area contributed by atoms with Crippen molar-refractivity contribution in [1.82, 2.24) is 9.97 Å². The quantitative estimate of drug-likeness (QED) is 0.664. The molecule has 0 amide bonds. The van der Waals surface area contributed by atoms with Gasteiger partial charge in [0.05, 0.1) is 5.56 Å². The van der Waals surface area contributed by atoms with Crippen molar-refractivity contribution in [3.05, 3.63) is 17.0 Å². The van der Waals surface area contributed by atoms with Gasteiger partial charge in [-0.15, -0.1) is 0 Å². The molecule has 0 aliphatic heterocycles. The lowest BCUT2D eigenvalue weighted by atomic mass is 9.83. The van der Waals surface area contributed by atoms with Gasteiger partial charge in [-0.05, 0) is 19.8 Å². The van der Waals surface area contributed by atoms with Crippen LogP contribution in [0.25, 0.3) is 0 Å². The topological polar surface area (TPSA) is 54.9 Å². The van der Waals surface area contributed by atoms with Crippen LogP contribution in [0.2, 0.25) is 5.15 Å². The summed E-state index contributed by atoms with van der Waals surface area (Å²) in [7, 11) is 0. The van der Waals surface area contributed by atoms with Crippen LogP contribution in [-0.2, 0) is 0 Å². The van der Waals surface area contributed by atoms with Crippen molar-refractivity contribution in [3.63, 3.8) is 0 Å².